The fraction of sp³-hybridized carbons (Fsp3) is 0.500. The normalized spacial score (nSPS) is 23.7. The summed E-state index contributed by atoms with van der Waals surface area (Å²) in [6.45, 7) is 0. The van der Waals surface area contributed by atoms with Crippen LogP contribution in [0.25, 0.3) is 0 Å². The van der Waals surface area contributed by atoms with Crippen molar-refractivity contribution in [1.29, 1.82) is 0 Å². The van der Waals surface area contributed by atoms with Gasteiger partial charge in [0, 0.05) is 16.9 Å². The summed E-state index contributed by atoms with van der Waals surface area (Å²) in [7, 11) is 0. The zero-order chi connectivity index (χ0) is 13.8. The summed E-state index contributed by atoms with van der Waals surface area (Å²) in [6, 6.07) is 3.49. The fourth-order valence-corrected chi connectivity index (χ4v) is 3.09. The second kappa shape index (κ2) is 6.37. The Labute approximate surface area is 120 Å². The Hall–Kier alpha value is -1.10. The molecule has 1 aromatic rings. The minimum absolute atomic E-state index is 0.0550. The zero-order valence-electron chi connectivity index (χ0n) is 10.5. The smallest absolute Gasteiger partial charge is 0.255 e. The van der Waals surface area contributed by atoms with E-state index in [2.05, 4.69) is 21.2 Å². The molecule has 1 aliphatic rings. The van der Waals surface area contributed by atoms with Gasteiger partial charge in [-0.15, -0.1) is 0 Å². The van der Waals surface area contributed by atoms with Gasteiger partial charge in [-0.05, 0) is 25.0 Å². The first-order valence-corrected chi connectivity index (χ1v) is 7.43. The quantitative estimate of drug-likeness (QED) is 0.645. The fourth-order valence-electron chi connectivity index (χ4n) is 2.37. The van der Waals surface area contributed by atoms with E-state index in [4.69, 9.17) is 0 Å². The van der Waals surface area contributed by atoms with Crippen molar-refractivity contribution in [2.75, 3.05) is 0 Å². The average molecular weight is 330 g/mol. The molecule has 3 nitrogen and oxygen atoms in total. The number of aromatic hydroxyl groups is 1. The first-order chi connectivity index (χ1) is 9.08. The van der Waals surface area contributed by atoms with Gasteiger partial charge in [0.25, 0.3) is 5.91 Å². The molecular weight excluding hydrogens is 313 g/mol. The maximum absolute atomic E-state index is 12.9. The molecule has 0 saturated heterocycles. The monoisotopic (exact) mass is 329 g/mol. The number of halogens is 2. The summed E-state index contributed by atoms with van der Waals surface area (Å²) in [5.41, 5.74) is 0.116. The standard InChI is InChI=1S/C14H17BrFNO2/c15-11-4-2-1-3-5-12(11)17-14(19)10-7-6-9(16)8-13(10)18/h6-8,11-12,18H,1-5H2,(H,17,19). The van der Waals surface area contributed by atoms with Crippen molar-refractivity contribution in [3.05, 3.63) is 29.6 Å². The minimum Gasteiger partial charge on any atom is -0.507 e. The molecule has 2 unspecified atom stereocenters. The molecule has 104 valence electrons. The third-order valence-electron chi connectivity index (χ3n) is 3.45. The molecule has 1 aliphatic carbocycles. The molecule has 0 aromatic heterocycles. The van der Waals surface area contributed by atoms with E-state index in [-0.39, 0.29) is 28.1 Å². The number of phenols is 1. The van der Waals surface area contributed by atoms with Gasteiger partial charge in [0.2, 0.25) is 0 Å². The van der Waals surface area contributed by atoms with Crippen LogP contribution in [0.3, 0.4) is 0 Å². The molecule has 1 amide bonds. The van der Waals surface area contributed by atoms with E-state index in [1.807, 2.05) is 0 Å². The molecule has 0 bridgehead atoms. The molecule has 0 heterocycles. The van der Waals surface area contributed by atoms with Gasteiger partial charge in [0.1, 0.15) is 11.6 Å². The van der Waals surface area contributed by atoms with E-state index in [0.717, 1.165) is 31.7 Å². The number of rotatable bonds is 2. The number of carbonyl (C=O) groups is 1. The maximum Gasteiger partial charge on any atom is 0.255 e. The average Bonchev–Trinajstić information content (AvgIpc) is 2.55. The Kier molecular flexibility index (Phi) is 4.80. The molecule has 1 fully saturated rings. The van der Waals surface area contributed by atoms with Crippen molar-refractivity contribution in [3.8, 4) is 5.75 Å². The van der Waals surface area contributed by atoms with Crippen LogP contribution in [0.2, 0.25) is 0 Å². The molecule has 2 rings (SSSR count). The highest BCUT2D eigenvalue weighted by Crippen LogP contribution is 2.25. The predicted octanol–water partition coefficient (Wildman–Crippen LogP) is 3.36. The number of nitrogens with one attached hydrogen (secondary N) is 1. The van der Waals surface area contributed by atoms with Crippen LogP contribution < -0.4 is 5.32 Å². The molecule has 5 heteroatoms. The van der Waals surface area contributed by atoms with Crippen molar-refractivity contribution < 1.29 is 14.3 Å². The highest BCUT2D eigenvalue weighted by atomic mass is 79.9. The van der Waals surface area contributed by atoms with Gasteiger partial charge in [-0.25, -0.2) is 4.39 Å². The summed E-state index contributed by atoms with van der Waals surface area (Å²) in [4.78, 5) is 12.3. The highest BCUT2D eigenvalue weighted by molar-refractivity contribution is 9.09. The molecule has 2 N–H and O–H groups in total. The predicted molar refractivity (Wildman–Crippen MR) is 75.1 cm³/mol. The summed E-state index contributed by atoms with van der Waals surface area (Å²) in [5, 5.41) is 12.5. The number of hydrogen-bond acceptors (Lipinski definition) is 2. The first-order valence-electron chi connectivity index (χ1n) is 6.51. The largest absolute Gasteiger partial charge is 0.507 e. The Morgan fingerprint density at radius 2 is 2.05 bits per heavy atom. The van der Waals surface area contributed by atoms with Crippen molar-refractivity contribution in [1.82, 2.24) is 5.32 Å². The molecule has 19 heavy (non-hydrogen) atoms. The maximum atomic E-state index is 12.9. The molecule has 0 aliphatic heterocycles. The van der Waals surface area contributed by atoms with Gasteiger partial charge in [-0.3, -0.25) is 4.79 Å². The molecule has 0 radical (unpaired) electrons. The van der Waals surface area contributed by atoms with Crippen molar-refractivity contribution in [2.24, 2.45) is 0 Å². The Bertz CT molecular complexity index is 467. The lowest BCUT2D eigenvalue weighted by molar-refractivity contribution is 0.0932. The SMILES string of the molecule is O=C(NC1CCCCCC1Br)c1ccc(F)cc1O. The lowest BCUT2D eigenvalue weighted by Crippen LogP contribution is -2.40. The van der Waals surface area contributed by atoms with Crippen LogP contribution >= 0.6 is 15.9 Å². The molecule has 1 aromatic carbocycles. The number of carbonyl (C=O) groups excluding carboxylic acids is 1. The Morgan fingerprint density at radius 3 is 2.79 bits per heavy atom. The van der Waals surface area contributed by atoms with E-state index in [0.29, 0.717) is 0 Å². The highest BCUT2D eigenvalue weighted by Gasteiger charge is 2.24. The Morgan fingerprint density at radius 1 is 1.32 bits per heavy atom. The van der Waals surface area contributed by atoms with E-state index in [9.17, 15) is 14.3 Å². The second-order valence-electron chi connectivity index (χ2n) is 4.90. The summed E-state index contributed by atoms with van der Waals surface area (Å²) >= 11 is 3.60. The van der Waals surface area contributed by atoms with Crippen LogP contribution in [-0.4, -0.2) is 21.9 Å². The van der Waals surface area contributed by atoms with Gasteiger partial charge in [0.05, 0.1) is 5.56 Å². The second-order valence-corrected chi connectivity index (χ2v) is 6.07. The molecule has 2 atom stereocenters. The van der Waals surface area contributed by atoms with Gasteiger partial charge in [-0.2, -0.15) is 0 Å². The number of amides is 1. The van der Waals surface area contributed by atoms with E-state index >= 15 is 0 Å². The minimum atomic E-state index is -0.554. The van der Waals surface area contributed by atoms with Gasteiger partial charge in [-0.1, -0.05) is 35.2 Å². The van der Waals surface area contributed by atoms with E-state index in [1.54, 1.807) is 0 Å². The number of hydrogen-bond donors (Lipinski definition) is 2. The van der Waals surface area contributed by atoms with Crippen molar-refractivity contribution >= 4 is 21.8 Å². The number of benzene rings is 1. The molecule has 0 spiro atoms. The molecule has 1 saturated carbocycles. The van der Waals surface area contributed by atoms with Gasteiger partial charge < -0.3 is 10.4 Å². The van der Waals surface area contributed by atoms with Crippen LogP contribution in [0, 0.1) is 5.82 Å². The summed E-state index contributed by atoms with van der Waals surface area (Å²) in [6.07, 6.45) is 5.37. The van der Waals surface area contributed by atoms with Gasteiger partial charge >= 0.3 is 0 Å². The van der Waals surface area contributed by atoms with E-state index in [1.165, 1.54) is 18.6 Å². The lowest BCUT2D eigenvalue weighted by atomic mass is 10.1. The topological polar surface area (TPSA) is 49.3 Å². The zero-order valence-corrected chi connectivity index (χ0v) is 12.1. The molecular formula is C14H17BrFNO2. The first kappa shape index (κ1) is 14.3. The Balaban J connectivity index is 2.07. The van der Waals surface area contributed by atoms with Gasteiger partial charge in [0.15, 0.2) is 0 Å². The van der Waals surface area contributed by atoms with Crippen molar-refractivity contribution in [3.63, 3.8) is 0 Å². The van der Waals surface area contributed by atoms with Crippen molar-refractivity contribution in [2.45, 2.75) is 43.0 Å². The van der Waals surface area contributed by atoms with Crippen LogP contribution in [0.15, 0.2) is 18.2 Å². The third-order valence-corrected chi connectivity index (χ3v) is 4.55. The third kappa shape index (κ3) is 3.69. The summed E-state index contributed by atoms with van der Waals surface area (Å²) in [5.74, 6) is -1.23. The van der Waals surface area contributed by atoms with E-state index < -0.39 is 5.82 Å². The number of alkyl halides is 1. The van der Waals surface area contributed by atoms with Crippen LogP contribution in [0.1, 0.15) is 42.5 Å². The summed E-state index contributed by atoms with van der Waals surface area (Å²) < 4.78 is 12.9. The number of phenolic OH excluding ortho intramolecular Hbond substituents is 1. The van der Waals surface area contributed by atoms with Crippen LogP contribution in [-0.2, 0) is 0 Å². The van der Waals surface area contributed by atoms with Crippen LogP contribution in [0.4, 0.5) is 4.39 Å². The van der Waals surface area contributed by atoms with Crippen LogP contribution in [0.5, 0.6) is 5.75 Å². The lowest BCUT2D eigenvalue weighted by Gasteiger charge is -2.21.